The van der Waals surface area contributed by atoms with E-state index >= 15 is 0 Å². The van der Waals surface area contributed by atoms with Crippen molar-refractivity contribution in [3.63, 3.8) is 0 Å². The molecule has 0 spiro atoms. The van der Waals surface area contributed by atoms with Crippen LogP contribution in [0.25, 0.3) is 0 Å². The standard InChI is InChI=1S/C13H23N3O2S/c1-12(2,3)19-8-10-15-11(18-16-10)13(9-14)4-6-17-7-5-13/h4-9,14H2,1-3H3. The van der Waals surface area contributed by atoms with E-state index in [-0.39, 0.29) is 10.2 Å². The third kappa shape index (κ3) is 3.70. The van der Waals surface area contributed by atoms with Crippen molar-refractivity contribution < 1.29 is 9.26 Å². The number of thioether (sulfide) groups is 1. The molecular formula is C13H23N3O2S. The van der Waals surface area contributed by atoms with Gasteiger partial charge in [-0.05, 0) is 12.8 Å². The first-order valence-corrected chi connectivity index (χ1v) is 7.69. The maximum atomic E-state index is 5.93. The summed E-state index contributed by atoms with van der Waals surface area (Å²) in [5, 5.41) is 4.08. The molecule has 1 saturated heterocycles. The molecule has 1 aromatic rings. The van der Waals surface area contributed by atoms with Gasteiger partial charge in [0.25, 0.3) is 0 Å². The van der Waals surface area contributed by atoms with Crippen LogP contribution in [0.5, 0.6) is 0 Å². The van der Waals surface area contributed by atoms with E-state index in [1.54, 1.807) is 0 Å². The van der Waals surface area contributed by atoms with Gasteiger partial charge < -0.3 is 15.0 Å². The van der Waals surface area contributed by atoms with Gasteiger partial charge in [-0.2, -0.15) is 4.98 Å². The minimum atomic E-state index is -0.185. The lowest BCUT2D eigenvalue weighted by Gasteiger charge is -2.32. The first-order chi connectivity index (χ1) is 8.95. The number of hydrogen-bond acceptors (Lipinski definition) is 6. The lowest BCUT2D eigenvalue weighted by molar-refractivity contribution is 0.0409. The third-order valence-electron chi connectivity index (χ3n) is 3.40. The Bertz CT molecular complexity index is 408. The van der Waals surface area contributed by atoms with Crippen LogP contribution in [0.2, 0.25) is 0 Å². The summed E-state index contributed by atoms with van der Waals surface area (Å²) >= 11 is 1.81. The zero-order valence-corrected chi connectivity index (χ0v) is 12.8. The Kier molecular flexibility index (Phi) is 4.53. The van der Waals surface area contributed by atoms with E-state index in [1.807, 2.05) is 11.8 Å². The molecule has 0 unspecified atom stereocenters. The number of aromatic nitrogens is 2. The molecule has 0 amide bonds. The smallest absolute Gasteiger partial charge is 0.234 e. The number of nitrogens with two attached hydrogens (primary N) is 1. The molecule has 1 aliphatic heterocycles. The van der Waals surface area contributed by atoms with Crippen molar-refractivity contribution in [2.24, 2.45) is 5.73 Å². The minimum absolute atomic E-state index is 0.185. The van der Waals surface area contributed by atoms with Crippen LogP contribution in [0.15, 0.2) is 4.52 Å². The normalized spacial score (nSPS) is 19.6. The van der Waals surface area contributed by atoms with Crippen molar-refractivity contribution in [1.29, 1.82) is 0 Å². The third-order valence-corrected chi connectivity index (χ3v) is 4.67. The van der Waals surface area contributed by atoms with E-state index in [4.69, 9.17) is 15.0 Å². The van der Waals surface area contributed by atoms with Gasteiger partial charge in [0.05, 0.1) is 11.2 Å². The van der Waals surface area contributed by atoms with Crippen molar-refractivity contribution in [2.45, 2.75) is 49.5 Å². The summed E-state index contributed by atoms with van der Waals surface area (Å²) in [6.45, 7) is 8.50. The molecule has 19 heavy (non-hydrogen) atoms. The Morgan fingerprint density at radius 2 is 2.00 bits per heavy atom. The monoisotopic (exact) mass is 285 g/mol. The molecule has 0 bridgehead atoms. The van der Waals surface area contributed by atoms with Gasteiger partial charge in [0.1, 0.15) is 0 Å². The highest BCUT2D eigenvalue weighted by atomic mass is 32.2. The van der Waals surface area contributed by atoms with Crippen LogP contribution in [0.4, 0.5) is 0 Å². The number of hydrogen-bond donors (Lipinski definition) is 1. The van der Waals surface area contributed by atoms with Gasteiger partial charge in [-0.25, -0.2) is 0 Å². The number of rotatable bonds is 4. The second-order valence-corrected chi connectivity index (χ2v) is 7.82. The highest BCUT2D eigenvalue weighted by molar-refractivity contribution is 7.99. The summed E-state index contributed by atoms with van der Waals surface area (Å²) < 4.78 is 11.1. The van der Waals surface area contributed by atoms with Gasteiger partial charge in [-0.15, -0.1) is 11.8 Å². The van der Waals surface area contributed by atoms with Gasteiger partial charge in [0.15, 0.2) is 5.82 Å². The van der Waals surface area contributed by atoms with Crippen LogP contribution in [-0.2, 0) is 15.9 Å². The molecule has 2 rings (SSSR count). The van der Waals surface area contributed by atoms with Crippen molar-refractivity contribution in [3.8, 4) is 0 Å². The summed E-state index contributed by atoms with van der Waals surface area (Å²) in [5.41, 5.74) is 5.75. The number of ether oxygens (including phenoxy) is 1. The molecule has 5 nitrogen and oxygen atoms in total. The van der Waals surface area contributed by atoms with E-state index in [2.05, 4.69) is 30.9 Å². The molecule has 0 aliphatic carbocycles. The molecule has 0 saturated carbocycles. The molecule has 2 N–H and O–H groups in total. The van der Waals surface area contributed by atoms with E-state index in [9.17, 15) is 0 Å². The Morgan fingerprint density at radius 3 is 2.58 bits per heavy atom. The Hall–Kier alpha value is -0.590. The predicted molar refractivity (Wildman–Crippen MR) is 76.1 cm³/mol. The van der Waals surface area contributed by atoms with E-state index in [0.29, 0.717) is 25.6 Å². The Morgan fingerprint density at radius 1 is 1.32 bits per heavy atom. The molecule has 6 heteroatoms. The predicted octanol–water partition coefficient (Wildman–Crippen LogP) is 2.11. The number of nitrogens with zero attached hydrogens (tertiary/aromatic N) is 2. The van der Waals surface area contributed by atoms with Crippen LogP contribution < -0.4 is 5.73 Å². The van der Waals surface area contributed by atoms with Crippen LogP contribution in [0.1, 0.15) is 45.3 Å². The van der Waals surface area contributed by atoms with Crippen molar-refractivity contribution in [3.05, 3.63) is 11.7 Å². The molecule has 0 radical (unpaired) electrons. The lowest BCUT2D eigenvalue weighted by atomic mass is 9.80. The van der Waals surface area contributed by atoms with Crippen molar-refractivity contribution in [2.75, 3.05) is 19.8 Å². The summed E-state index contributed by atoms with van der Waals surface area (Å²) in [4.78, 5) is 4.55. The maximum absolute atomic E-state index is 5.93. The van der Waals surface area contributed by atoms with E-state index in [0.717, 1.165) is 24.4 Å². The summed E-state index contributed by atoms with van der Waals surface area (Å²) in [5.74, 6) is 2.21. The average molecular weight is 285 g/mol. The zero-order chi connectivity index (χ0) is 13.9. The second-order valence-electron chi connectivity index (χ2n) is 6.01. The first-order valence-electron chi connectivity index (χ1n) is 6.70. The van der Waals surface area contributed by atoms with Crippen LogP contribution in [-0.4, -0.2) is 34.6 Å². The molecule has 1 fully saturated rings. The summed E-state index contributed by atoms with van der Waals surface area (Å²) in [6.07, 6.45) is 1.72. The molecule has 0 atom stereocenters. The maximum Gasteiger partial charge on any atom is 0.234 e. The highest BCUT2D eigenvalue weighted by Gasteiger charge is 2.38. The average Bonchev–Trinajstić information content (AvgIpc) is 2.86. The quantitative estimate of drug-likeness (QED) is 0.913. The van der Waals surface area contributed by atoms with Crippen LogP contribution >= 0.6 is 11.8 Å². The van der Waals surface area contributed by atoms with Crippen LogP contribution in [0.3, 0.4) is 0 Å². The zero-order valence-electron chi connectivity index (χ0n) is 11.9. The van der Waals surface area contributed by atoms with E-state index in [1.165, 1.54) is 0 Å². The van der Waals surface area contributed by atoms with Crippen molar-refractivity contribution >= 4 is 11.8 Å². The Balaban J connectivity index is 2.06. The SMILES string of the molecule is CC(C)(C)SCc1noc(C2(CN)CCOCC2)n1. The summed E-state index contributed by atoms with van der Waals surface area (Å²) in [6, 6.07) is 0. The molecular weight excluding hydrogens is 262 g/mol. The molecule has 1 aliphatic rings. The second kappa shape index (κ2) is 5.81. The van der Waals surface area contributed by atoms with Gasteiger partial charge in [0.2, 0.25) is 5.89 Å². The topological polar surface area (TPSA) is 74.2 Å². The Labute approximate surface area is 118 Å². The fourth-order valence-electron chi connectivity index (χ4n) is 2.08. The van der Waals surface area contributed by atoms with Crippen molar-refractivity contribution in [1.82, 2.24) is 10.1 Å². The largest absolute Gasteiger partial charge is 0.381 e. The molecule has 0 aromatic carbocycles. The summed E-state index contributed by atoms with van der Waals surface area (Å²) in [7, 11) is 0. The fraction of sp³-hybridized carbons (Fsp3) is 0.846. The van der Waals surface area contributed by atoms with Crippen LogP contribution in [0, 0.1) is 0 Å². The molecule has 108 valence electrons. The minimum Gasteiger partial charge on any atom is -0.381 e. The molecule has 2 heterocycles. The lowest BCUT2D eigenvalue weighted by Crippen LogP contribution is -2.40. The van der Waals surface area contributed by atoms with Gasteiger partial charge in [0, 0.05) is 24.5 Å². The van der Waals surface area contributed by atoms with Gasteiger partial charge in [-0.3, -0.25) is 0 Å². The molecule has 1 aromatic heterocycles. The van der Waals surface area contributed by atoms with Gasteiger partial charge >= 0.3 is 0 Å². The van der Waals surface area contributed by atoms with E-state index < -0.39 is 0 Å². The first kappa shape index (κ1) is 14.8. The highest BCUT2D eigenvalue weighted by Crippen LogP contribution is 2.33. The van der Waals surface area contributed by atoms with Gasteiger partial charge in [-0.1, -0.05) is 25.9 Å². The fourth-order valence-corrected chi connectivity index (χ4v) is 2.76.